The number of piperidine rings is 1. The molecule has 1 unspecified atom stereocenters. The first-order chi connectivity index (χ1) is 15.3. The number of likely N-dealkylation sites (tertiary alicyclic amines) is 1. The fraction of sp³-hybridized carbons (Fsp3) is 0.417. The van der Waals surface area contributed by atoms with Gasteiger partial charge in [-0.25, -0.2) is 13.2 Å². The highest BCUT2D eigenvalue weighted by atomic mass is 32.2. The first kappa shape index (κ1) is 22.3. The Morgan fingerprint density at radius 1 is 1.03 bits per heavy atom. The van der Waals surface area contributed by atoms with Crippen LogP contribution in [0.4, 0.5) is 16.2 Å². The first-order valence-electron chi connectivity index (χ1n) is 11.1. The molecule has 2 aliphatic rings. The number of amides is 3. The van der Waals surface area contributed by atoms with E-state index in [9.17, 15) is 18.0 Å². The molecule has 0 aliphatic carbocycles. The molecule has 2 aliphatic heterocycles. The summed E-state index contributed by atoms with van der Waals surface area (Å²) >= 11 is 0. The largest absolute Gasteiger partial charge is 0.343 e. The second kappa shape index (κ2) is 8.58. The minimum atomic E-state index is -4.12. The summed E-state index contributed by atoms with van der Waals surface area (Å²) in [7, 11) is -4.12. The molecule has 0 saturated carbocycles. The molecule has 32 heavy (non-hydrogen) atoms. The Morgan fingerprint density at radius 2 is 1.72 bits per heavy atom. The van der Waals surface area contributed by atoms with E-state index in [1.165, 1.54) is 11.0 Å². The Kier molecular flexibility index (Phi) is 5.99. The summed E-state index contributed by atoms with van der Waals surface area (Å²) < 4.78 is 27.9. The minimum absolute atomic E-state index is 0.0285. The molecule has 1 fully saturated rings. The summed E-state index contributed by atoms with van der Waals surface area (Å²) in [5.41, 5.74) is 1.94. The maximum Gasteiger partial charge on any atom is 0.343 e. The number of anilines is 2. The number of hydrogen-bond donors (Lipinski definition) is 0. The number of carbonyl (C=O) groups is 2. The van der Waals surface area contributed by atoms with Crippen molar-refractivity contribution in [3.8, 4) is 0 Å². The average molecular weight is 456 g/mol. The SMILES string of the molecule is CCC1CCCCN1C(=O)CN1C(=O)N(c2c(C)cccc2C)S(=O)(=O)c2ccccc21. The Morgan fingerprint density at radius 3 is 2.41 bits per heavy atom. The summed E-state index contributed by atoms with van der Waals surface area (Å²) in [6.45, 7) is 6.09. The van der Waals surface area contributed by atoms with Crippen LogP contribution in [0, 0.1) is 13.8 Å². The van der Waals surface area contributed by atoms with Crippen molar-refractivity contribution in [3.63, 3.8) is 0 Å². The number of nitrogens with zero attached hydrogens (tertiary/aromatic N) is 3. The van der Waals surface area contributed by atoms with E-state index in [2.05, 4.69) is 6.92 Å². The zero-order chi connectivity index (χ0) is 23.0. The monoisotopic (exact) mass is 455 g/mol. The van der Waals surface area contributed by atoms with Gasteiger partial charge in [0.25, 0.3) is 10.0 Å². The van der Waals surface area contributed by atoms with Crippen LogP contribution in [0.1, 0.15) is 43.7 Å². The predicted molar refractivity (Wildman–Crippen MR) is 124 cm³/mol. The molecule has 170 valence electrons. The highest BCUT2D eigenvalue weighted by Crippen LogP contribution is 2.39. The van der Waals surface area contributed by atoms with E-state index in [4.69, 9.17) is 0 Å². The van der Waals surface area contributed by atoms with Crippen molar-refractivity contribution in [2.75, 3.05) is 22.3 Å². The van der Waals surface area contributed by atoms with Crippen molar-refractivity contribution in [1.82, 2.24) is 4.90 Å². The third-order valence-electron chi connectivity index (χ3n) is 6.43. The van der Waals surface area contributed by atoms with Crippen molar-refractivity contribution < 1.29 is 18.0 Å². The Bertz CT molecular complexity index is 1140. The maximum absolute atomic E-state index is 13.7. The molecule has 1 atom stereocenters. The molecule has 2 aromatic carbocycles. The smallest absolute Gasteiger partial charge is 0.338 e. The van der Waals surface area contributed by atoms with Gasteiger partial charge in [0.1, 0.15) is 11.4 Å². The van der Waals surface area contributed by atoms with E-state index in [1.807, 2.05) is 11.0 Å². The lowest BCUT2D eigenvalue weighted by Crippen LogP contribution is -2.55. The van der Waals surface area contributed by atoms with Crippen LogP contribution in [0.15, 0.2) is 47.4 Å². The average Bonchev–Trinajstić information content (AvgIpc) is 2.78. The van der Waals surface area contributed by atoms with Crippen molar-refractivity contribution in [2.24, 2.45) is 0 Å². The van der Waals surface area contributed by atoms with E-state index in [0.717, 1.165) is 30.0 Å². The van der Waals surface area contributed by atoms with Crippen LogP contribution in [0.5, 0.6) is 0 Å². The van der Waals surface area contributed by atoms with Crippen LogP contribution in [-0.2, 0) is 14.8 Å². The molecule has 0 N–H and O–H groups in total. The molecule has 3 amide bonds. The van der Waals surface area contributed by atoms with Gasteiger partial charge in [0.05, 0.1) is 11.4 Å². The molecule has 8 heteroatoms. The molecular formula is C24H29N3O4S. The number of rotatable bonds is 4. The van der Waals surface area contributed by atoms with Crippen molar-refractivity contribution in [2.45, 2.75) is 57.4 Å². The number of fused-ring (bicyclic) bond motifs is 1. The summed E-state index contributed by atoms with van der Waals surface area (Å²) in [6.07, 6.45) is 3.84. The predicted octanol–water partition coefficient (Wildman–Crippen LogP) is 4.23. The zero-order valence-electron chi connectivity index (χ0n) is 18.7. The molecule has 0 spiro atoms. The molecule has 2 heterocycles. The molecule has 2 aromatic rings. The number of urea groups is 1. The molecular weight excluding hydrogens is 426 g/mol. The van der Waals surface area contributed by atoms with Gasteiger partial charge >= 0.3 is 6.03 Å². The number of para-hydroxylation sites is 2. The summed E-state index contributed by atoms with van der Waals surface area (Å²) in [5, 5.41) is 0. The third-order valence-corrected chi connectivity index (χ3v) is 8.15. The molecule has 7 nitrogen and oxygen atoms in total. The standard InChI is InChI=1S/C24H29N3O4S/c1-4-19-12-7-8-15-25(19)22(28)16-26-20-13-5-6-14-21(20)32(30,31)27(24(26)29)23-17(2)10-9-11-18(23)3/h5-6,9-11,13-14,19H,4,7-8,12,15-16H2,1-3H3. The zero-order valence-corrected chi connectivity index (χ0v) is 19.6. The summed E-state index contributed by atoms with van der Waals surface area (Å²) in [5.74, 6) is -0.152. The van der Waals surface area contributed by atoms with Crippen LogP contribution < -0.4 is 9.21 Å². The van der Waals surface area contributed by atoms with Crippen LogP contribution in [0.25, 0.3) is 0 Å². The van der Waals surface area contributed by atoms with E-state index in [0.29, 0.717) is 23.4 Å². The molecule has 1 saturated heterocycles. The second-order valence-electron chi connectivity index (χ2n) is 8.49. The summed E-state index contributed by atoms with van der Waals surface area (Å²) in [6, 6.07) is 11.2. The summed E-state index contributed by atoms with van der Waals surface area (Å²) in [4.78, 5) is 30.2. The van der Waals surface area contributed by atoms with Crippen LogP contribution in [0.2, 0.25) is 0 Å². The Hall–Kier alpha value is -2.87. The van der Waals surface area contributed by atoms with Gasteiger partial charge in [-0.05, 0) is 62.8 Å². The highest BCUT2D eigenvalue weighted by Gasteiger charge is 2.44. The number of hydrogen-bond acceptors (Lipinski definition) is 4. The van der Waals surface area contributed by atoms with Gasteiger partial charge in [-0.1, -0.05) is 37.3 Å². The van der Waals surface area contributed by atoms with Gasteiger partial charge in [0, 0.05) is 12.6 Å². The number of carbonyl (C=O) groups excluding carboxylic acids is 2. The maximum atomic E-state index is 13.7. The van der Waals surface area contributed by atoms with Crippen LogP contribution in [0.3, 0.4) is 0 Å². The van der Waals surface area contributed by atoms with Gasteiger partial charge in [-0.15, -0.1) is 0 Å². The van der Waals surface area contributed by atoms with E-state index >= 15 is 0 Å². The van der Waals surface area contributed by atoms with Crippen molar-refractivity contribution >= 4 is 33.3 Å². The molecule has 4 rings (SSSR count). The fourth-order valence-corrected chi connectivity index (χ4v) is 6.51. The van der Waals surface area contributed by atoms with Crippen LogP contribution >= 0.6 is 0 Å². The normalized spacial score (nSPS) is 20.3. The van der Waals surface area contributed by atoms with Crippen molar-refractivity contribution in [3.05, 3.63) is 53.6 Å². The molecule has 0 radical (unpaired) electrons. The third kappa shape index (κ3) is 3.66. The lowest BCUT2D eigenvalue weighted by Gasteiger charge is -2.40. The van der Waals surface area contributed by atoms with Crippen LogP contribution in [-0.4, -0.2) is 44.4 Å². The van der Waals surface area contributed by atoms with Gasteiger partial charge in [0.15, 0.2) is 0 Å². The highest BCUT2D eigenvalue weighted by molar-refractivity contribution is 7.94. The topological polar surface area (TPSA) is 78.0 Å². The van der Waals surface area contributed by atoms with Gasteiger partial charge < -0.3 is 4.90 Å². The Labute approximate surface area is 189 Å². The number of sulfonamides is 1. The van der Waals surface area contributed by atoms with E-state index in [-0.39, 0.29) is 29.1 Å². The lowest BCUT2D eigenvalue weighted by molar-refractivity contribution is -0.133. The minimum Gasteiger partial charge on any atom is -0.338 e. The van der Waals surface area contributed by atoms with Gasteiger partial charge in [-0.2, -0.15) is 4.31 Å². The first-order valence-corrected chi connectivity index (χ1v) is 12.5. The molecule has 0 aromatic heterocycles. The van der Waals surface area contributed by atoms with E-state index < -0.39 is 16.1 Å². The second-order valence-corrected chi connectivity index (χ2v) is 10.2. The lowest BCUT2D eigenvalue weighted by atomic mass is 10.00. The quantitative estimate of drug-likeness (QED) is 0.691. The van der Waals surface area contributed by atoms with Gasteiger partial charge in [0.2, 0.25) is 5.91 Å². The number of benzene rings is 2. The Balaban J connectivity index is 1.79. The van der Waals surface area contributed by atoms with Gasteiger partial charge in [-0.3, -0.25) is 9.69 Å². The molecule has 0 bridgehead atoms. The van der Waals surface area contributed by atoms with Crippen molar-refractivity contribution in [1.29, 1.82) is 0 Å². The fourth-order valence-electron chi connectivity index (χ4n) is 4.79. The number of aryl methyl sites for hydroxylation is 2. The van der Waals surface area contributed by atoms with E-state index in [1.54, 1.807) is 44.2 Å².